The molecule has 0 unspecified atom stereocenters. The monoisotopic (exact) mass is 249 g/mol. The molecule has 0 fully saturated rings. The minimum atomic E-state index is 0.782. The SMILES string of the molecule is Cc1oc2ccccc2c1/C=C/c1ccccc1N. The molecule has 0 atom stereocenters. The summed E-state index contributed by atoms with van der Waals surface area (Å²) in [5, 5.41) is 1.13. The fraction of sp³-hybridized carbons (Fsp3) is 0.0588. The first kappa shape index (κ1) is 11.6. The Hall–Kier alpha value is -2.48. The second-order valence-electron chi connectivity index (χ2n) is 4.53. The lowest BCUT2D eigenvalue weighted by molar-refractivity contribution is 0.577. The van der Waals surface area contributed by atoms with E-state index in [1.54, 1.807) is 0 Å². The van der Waals surface area contributed by atoms with E-state index in [1.807, 2.05) is 55.5 Å². The Kier molecular flexibility index (Phi) is 2.84. The number of furan rings is 1. The highest BCUT2D eigenvalue weighted by Crippen LogP contribution is 2.27. The van der Waals surface area contributed by atoms with E-state index in [0.717, 1.165) is 33.5 Å². The molecule has 0 aliphatic rings. The third kappa shape index (κ3) is 2.13. The van der Waals surface area contributed by atoms with Crippen LogP contribution in [0.3, 0.4) is 0 Å². The number of hydrogen-bond acceptors (Lipinski definition) is 2. The van der Waals surface area contributed by atoms with E-state index in [0.29, 0.717) is 0 Å². The molecule has 1 heterocycles. The van der Waals surface area contributed by atoms with Crippen molar-refractivity contribution in [2.45, 2.75) is 6.92 Å². The molecule has 0 aliphatic heterocycles. The van der Waals surface area contributed by atoms with Crippen LogP contribution in [0.2, 0.25) is 0 Å². The van der Waals surface area contributed by atoms with Crippen molar-refractivity contribution in [2.24, 2.45) is 0 Å². The Labute approximate surface area is 112 Å². The summed E-state index contributed by atoms with van der Waals surface area (Å²) in [7, 11) is 0. The van der Waals surface area contributed by atoms with Crippen molar-refractivity contribution in [3.8, 4) is 0 Å². The Morgan fingerprint density at radius 3 is 2.53 bits per heavy atom. The molecule has 0 saturated heterocycles. The molecule has 19 heavy (non-hydrogen) atoms. The van der Waals surface area contributed by atoms with E-state index < -0.39 is 0 Å². The third-order valence-electron chi connectivity index (χ3n) is 3.25. The van der Waals surface area contributed by atoms with Crippen LogP contribution in [0.25, 0.3) is 23.1 Å². The maximum absolute atomic E-state index is 5.94. The van der Waals surface area contributed by atoms with Crippen LogP contribution in [0.15, 0.2) is 52.9 Å². The molecular weight excluding hydrogens is 234 g/mol. The first-order chi connectivity index (χ1) is 9.25. The molecule has 94 valence electrons. The summed E-state index contributed by atoms with van der Waals surface area (Å²) in [5.74, 6) is 0.923. The summed E-state index contributed by atoms with van der Waals surface area (Å²) in [6, 6.07) is 15.9. The van der Waals surface area contributed by atoms with Gasteiger partial charge in [0.2, 0.25) is 0 Å². The van der Waals surface area contributed by atoms with Crippen LogP contribution >= 0.6 is 0 Å². The van der Waals surface area contributed by atoms with Crippen molar-refractivity contribution in [3.63, 3.8) is 0 Å². The van der Waals surface area contributed by atoms with Gasteiger partial charge >= 0.3 is 0 Å². The zero-order chi connectivity index (χ0) is 13.2. The van der Waals surface area contributed by atoms with Crippen LogP contribution < -0.4 is 5.73 Å². The van der Waals surface area contributed by atoms with Crippen LogP contribution in [-0.2, 0) is 0 Å². The Morgan fingerprint density at radius 2 is 1.68 bits per heavy atom. The quantitative estimate of drug-likeness (QED) is 0.679. The van der Waals surface area contributed by atoms with Gasteiger partial charge < -0.3 is 10.2 Å². The summed E-state index contributed by atoms with van der Waals surface area (Å²) < 4.78 is 5.74. The second-order valence-corrected chi connectivity index (χ2v) is 4.53. The largest absolute Gasteiger partial charge is 0.461 e. The number of nitrogens with two attached hydrogens (primary N) is 1. The first-order valence-corrected chi connectivity index (χ1v) is 6.26. The standard InChI is InChI=1S/C17H15NO/c1-12-14(15-7-3-5-9-17(15)19-12)11-10-13-6-2-4-8-16(13)18/h2-11H,18H2,1H3/b11-10+. The van der Waals surface area contributed by atoms with Crippen LogP contribution in [0, 0.1) is 6.92 Å². The zero-order valence-corrected chi connectivity index (χ0v) is 10.8. The summed E-state index contributed by atoms with van der Waals surface area (Å²) >= 11 is 0. The van der Waals surface area contributed by atoms with Crippen molar-refractivity contribution in [1.82, 2.24) is 0 Å². The van der Waals surface area contributed by atoms with Gasteiger partial charge in [-0.3, -0.25) is 0 Å². The van der Waals surface area contributed by atoms with Crippen LogP contribution in [0.5, 0.6) is 0 Å². The normalized spacial score (nSPS) is 11.4. The van der Waals surface area contributed by atoms with E-state index in [4.69, 9.17) is 10.2 Å². The van der Waals surface area contributed by atoms with Crippen LogP contribution in [0.1, 0.15) is 16.9 Å². The number of fused-ring (bicyclic) bond motifs is 1. The average molecular weight is 249 g/mol. The van der Waals surface area contributed by atoms with Gasteiger partial charge in [0, 0.05) is 16.6 Å². The molecule has 0 spiro atoms. The van der Waals surface area contributed by atoms with Gasteiger partial charge in [-0.25, -0.2) is 0 Å². The van der Waals surface area contributed by atoms with E-state index >= 15 is 0 Å². The van der Waals surface area contributed by atoms with Crippen molar-refractivity contribution in [1.29, 1.82) is 0 Å². The smallest absolute Gasteiger partial charge is 0.134 e. The van der Waals surface area contributed by atoms with Crippen LogP contribution in [0.4, 0.5) is 5.69 Å². The number of benzene rings is 2. The van der Waals surface area contributed by atoms with Crippen LogP contribution in [-0.4, -0.2) is 0 Å². The van der Waals surface area contributed by atoms with Crippen molar-refractivity contribution in [2.75, 3.05) is 5.73 Å². The minimum Gasteiger partial charge on any atom is -0.461 e. The summed E-state index contributed by atoms with van der Waals surface area (Å²) in [6.45, 7) is 1.98. The summed E-state index contributed by atoms with van der Waals surface area (Å²) in [6.07, 6.45) is 4.09. The fourth-order valence-electron chi connectivity index (χ4n) is 2.23. The Bertz CT molecular complexity index is 753. The molecule has 1 aromatic heterocycles. The summed E-state index contributed by atoms with van der Waals surface area (Å²) in [5.41, 5.74) is 9.77. The number of anilines is 1. The molecule has 0 saturated carbocycles. The lowest BCUT2D eigenvalue weighted by Gasteiger charge is -1.98. The second kappa shape index (κ2) is 4.65. The molecule has 2 nitrogen and oxygen atoms in total. The molecule has 3 aromatic rings. The maximum atomic E-state index is 5.94. The number of hydrogen-bond donors (Lipinski definition) is 1. The zero-order valence-electron chi connectivity index (χ0n) is 10.8. The van der Waals surface area contributed by atoms with Crippen molar-refractivity contribution >= 4 is 28.8 Å². The van der Waals surface area contributed by atoms with E-state index in [1.165, 1.54) is 0 Å². The first-order valence-electron chi connectivity index (χ1n) is 6.26. The molecule has 2 aromatic carbocycles. The predicted octanol–water partition coefficient (Wildman–Crippen LogP) is 4.49. The highest BCUT2D eigenvalue weighted by atomic mass is 16.3. The van der Waals surface area contributed by atoms with Gasteiger partial charge in [-0.1, -0.05) is 48.6 Å². The third-order valence-corrected chi connectivity index (χ3v) is 3.25. The predicted molar refractivity (Wildman–Crippen MR) is 80.7 cm³/mol. The molecule has 0 radical (unpaired) electrons. The summed E-state index contributed by atoms with van der Waals surface area (Å²) in [4.78, 5) is 0. The number of para-hydroxylation sites is 2. The average Bonchev–Trinajstić information content (AvgIpc) is 2.74. The van der Waals surface area contributed by atoms with Crippen molar-refractivity contribution in [3.05, 3.63) is 65.4 Å². The molecule has 2 N–H and O–H groups in total. The van der Waals surface area contributed by atoms with Gasteiger partial charge in [0.1, 0.15) is 11.3 Å². The van der Waals surface area contributed by atoms with Gasteiger partial charge in [-0.2, -0.15) is 0 Å². The topological polar surface area (TPSA) is 39.2 Å². The fourth-order valence-corrected chi connectivity index (χ4v) is 2.23. The van der Waals surface area contributed by atoms with Gasteiger partial charge in [0.25, 0.3) is 0 Å². The molecule has 0 aliphatic carbocycles. The molecule has 0 bridgehead atoms. The lowest BCUT2D eigenvalue weighted by Crippen LogP contribution is -1.87. The van der Waals surface area contributed by atoms with E-state index in [9.17, 15) is 0 Å². The van der Waals surface area contributed by atoms with E-state index in [-0.39, 0.29) is 0 Å². The molecule has 3 rings (SSSR count). The Morgan fingerprint density at radius 1 is 0.947 bits per heavy atom. The molecular formula is C17H15NO. The highest BCUT2D eigenvalue weighted by Gasteiger charge is 2.07. The Balaban J connectivity index is 2.06. The number of nitrogen functional groups attached to an aromatic ring is 1. The molecule has 2 heteroatoms. The van der Waals surface area contributed by atoms with Gasteiger partial charge in [0.15, 0.2) is 0 Å². The maximum Gasteiger partial charge on any atom is 0.134 e. The van der Waals surface area contributed by atoms with E-state index in [2.05, 4.69) is 12.1 Å². The number of aryl methyl sites for hydroxylation is 1. The van der Waals surface area contributed by atoms with Gasteiger partial charge in [0.05, 0.1) is 0 Å². The minimum absolute atomic E-state index is 0.782. The van der Waals surface area contributed by atoms with Gasteiger partial charge in [-0.05, 0) is 24.6 Å². The highest BCUT2D eigenvalue weighted by molar-refractivity contribution is 5.92. The molecule has 0 amide bonds. The lowest BCUT2D eigenvalue weighted by atomic mass is 10.1. The van der Waals surface area contributed by atoms with Crippen molar-refractivity contribution < 1.29 is 4.42 Å². The number of rotatable bonds is 2. The van der Waals surface area contributed by atoms with Gasteiger partial charge in [-0.15, -0.1) is 0 Å².